The van der Waals surface area contributed by atoms with Gasteiger partial charge < -0.3 is 5.32 Å². The SMILES string of the molecule is Cc1ccc(NC(=O)c2sc3ncn(Cc4ccccc4C)c(=O)c3c2C)c(C)c1. The molecule has 152 valence electrons. The summed E-state index contributed by atoms with van der Waals surface area (Å²) in [7, 11) is 0. The van der Waals surface area contributed by atoms with E-state index in [1.807, 2.05) is 70.2 Å². The minimum atomic E-state index is -0.215. The number of nitrogens with one attached hydrogen (secondary N) is 1. The van der Waals surface area contributed by atoms with Crippen LogP contribution in [0.2, 0.25) is 0 Å². The van der Waals surface area contributed by atoms with E-state index in [0.717, 1.165) is 27.9 Å². The van der Waals surface area contributed by atoms with Gasteiger partial charge in [0.1, 0.15) is 4.83 Å². The lowest BCUT2D eigenvalue weighted by atomic mass is 10.1. The molecule has 0 spiro atoms. The molecule has 0 radical (unpaired) electrons. The predicted octanol–water partition coefficient (Wildman–Crippen LogP) is 4.99. The van der Waals surface area contributed by atoms with Crippen molar-refractivity contribution in [3.05, 3.63) is 91.8 Å². The predicted molar refractivity (Wildman–Crippen MR) is 123 cm³/mol. The summed E-state index contributed by atoms with van der Waals surface area (Å²) in [5.74, 6) is -0.215. The topological polar surface area (TPSA) is 64.0 Å². The number of nitrogens with zero attached hydrogens (tertiary/aromatic N) is 2. The number of benzene rings is 2. The molecule has 0 bridgehead atoms. The van der Waals surface area contributed by atoms with Crippen LogP contribution in [0.5, 0.6) is 0 Å². The second kappa shape index (κ2) is 7.88. The van der Waals surface area contributed by atoms with Crippen molar-refractivity contribution in [1.82, 2.24) is 9.55 Å². The van der Waals surface area contributed by atoms with Crippen molar-refractivity contribution in [1.29, 1.82) is 0 Å². The van der Waals surface area contributed by atoms with Crippen LogP contribution in [-0.4, -0.2) is 15.5 Å². The van der Waals surface area contributed by atoms with Gasteiger partial charge in [0, 0.05) is 5.69 Å². The summed E-state index contributed by atoms with van der Waals surface area (Å²) in [5, 5.41) is 3.49. The Hall–Kier alpha value is -3.25. The Morgan fingerprint density at radius 1 is 1.07 bits per heavy atom. The first-order valence-electron chi connectivity index (χ1n) is 9.77. The third kappa shape index (κ3) is 3.66. The molecule has 30 heavy (non-hydrogen) atoms. The smallest absolute Gasteiger partial charge is 0.266 e. The molecule has 2 aromatic heterocycles. The second-order valence-electron chi connectivity index (χ2n) is 7.61. The number of fused-ring (bicyclic) bond motifs is 1. The van der Waals surface area contributed by atoms with E-state index in [1.165, 1.54) is 11.3 Å². The van der Waals surface area contributed by atoms with E-state index >= 15 is 0 Å². The first-order valence-corrected chi connectivity index (χ1v) is 10.6. The van der Waals surface area contributed by atoms with Crippen molar-refractivity contribution < 1.29 is 4.79 Å². The number of thiophene rings is 1. The number of rotatable bonds is 4. The van der Waals surface area contributed by atoms with Gasteiger partial charge >= 0.3 is 0 Å². The molecule has 6 heteroatoms. The maximum absolute atomic E-state index is 13.1. The molecule has 4 aromatic rings. The highest BCUT2D eigenvalue weighted by Gasteiger charge is 2.20. The summed E-state index contributed by atoms with van der Waals surface area (Å²) in [4.78, 5) is 31.7. The highest BCUT2D eigenvalue weighted by atomic mass is 32.1. The standard InChI is InChI=1S/C24H23N3O2S/c1-14-9-10-19(16(3)11-14)26-22(28)21-17(4)20-23(30-21)25-13-27(24(20)29)12-18-8-6-5-7-15(18)2/h5-11,13H,12H2,1-4H3,(H,26,28). The van der Waals surface area contributed by atoms with Crippen molar-refractivity contribution in [3.63, 3.8) is 0 Å². The zero-order valence-electron chi connectivity index (χ0n) is 17.4. The third-order valence-corrected chi connectivity index (χ3v) is 6.55. The summed E-state index contributed by atoms with van der Waals surface area (Å²) >= 11 is 1.26. The molecule has 0 fully saturated rings. The minimum absolute atomic E-state index is 0.123. The summed E-state index contributed by atoms with van der Waals surface area (Å²) in [6, 6.07) is 13.9. The Labute approximate surface area is 179 Å². The number of carbonyl (C=O) groups is 1. The summed E-state index contributed by atoms with van der Waals surface area (Å²) in [5.41, 5.74) is 5.66. The lowest BCUT2D eigenvalue weighted by Crippen LogP contribution is -2.21. The minimum Gasteiger partial charge on any atom is -0.321 e. The fourth-order valence-electron chi connectivity index (χ4n) is 3.59. The number of aromatic nitrogens is 2. The fraction of sp³-hybridized carbons (Fsp3) is 0.208. The van der Waals surface area contributed by atoms with E-state index < -0.39 is 0 Å². The van der Waals surface area contributed by atoms with Gasteiger partial charge in [-0.05, 0) is 56.0 Å². The normalized spacial score (nSPS) is 11.1. The summed E-state index contributed by atoms with van der Waals surface area (Å²) < 4.78 is 1.61. The van der Waals surface area contributed by atoms with Crippen LogP contribution >= 0.6 is 11.3 Å². The molecule has 0 aliphatic heterocycles. The molecule has 0 atom stereocenters. The number of hydrogen-bond donors (Lipinski definition) is 1. The van der Waals surface area contributed by atoms with Gasteiger partial charge in [-0.3, -0.25) is 14.2 Å². The average molecular weight is 418 g/mol. The fourth-order valence-corrected chi connectivity index (χ4v) is 4.63. The maximum Gasteiger partial charge on any atom is 0.266 e. The first kappa shape index (κ1) is 20.0. The zero-order valence-corrected chi connectivity index (χ0v) is 18.3. The van der Waals surface area contributed by atoms with Crippen molar-refractivity contribution in [2.75, 3.05) is 5.32 Å². The van der Waals surface area contributed by atoms with Crippen molar-refractivity contribution >= 4 is 33.1 Å². The van der Waals surface area contributed by atoms with E-state index in [1.54, 1.807) is 10.9 Å². The zero-order chi connectivity index (χ0) is 21.4. The molecule has 2 aromatic carbocycles. The molecule has 1 amide bonds. The van der Waals surface area contributed by atoms with E-state index in [4.69, 9.17) is 0 Å². The van der Waals surface area contributed by atoms with Gasteiger partial charge in [0.2, 0.25) is 0 Å². The number of anilines is 1. The van der Waals surface area contributed by atoms with Gasteiger partial charge in [0.15, 0.2) is 0 Å². The monoisotopic (exact) mass is 417 g/mol. The molecule has 0 aliphatic carbocycles. The Kier molecular flexibility index (Phi) is 5.26. The Balaban J connectivity index is 1.70. The van der Waals surface area contributed by atoms with Gasteiger partial charge in [-0.25, -0.2) is 4.98 Å². The van der Waals surface area contributed by atoms with Gasteiger partial charge in [0.05, 0.1) is 23.1 Å². The van der Waals surface area contributed by atoms with Crippen LogP contribution < -0.4 is 10.9 Å². The second-order valence-corrected chi connectivity index (χ2v) is 8.61. The largest absolute Gasteiger partial charge is 0.321 e. The molecule has 1 N–H and O–H groups in total. The van der Waals surface area contributed by atoms with E-state index in [9.17, 15) is 9.59 Å². The summed E-state index contributed by atoms with van der Waals surface area (Å²) in [6.07, 6.45) is 1.57. The highest BCUT2D eigenvalue weighted by molar-refractivity contribution is 7.20. The van der Waals surface area contributed by atoms with E-state index in [-0.39, 0.29) is 11.5 Å². The average Bonchev–Trinajstić information content (AvgIpc) is 3.05. The van der Waals surface area contributed by atoms with Crippen LogP contribution in [0.3, 0.4) is 0 Å². The third-order valence-electron chi connectivity index (χ3n) is 5.36. The summed E-state index contributed by atoms with van der Waals surface area (Å²) in [6.45, 7) is 8.27. The molecular weight excluding hydrogens is 394 g/mol. The van der Waals surface area contributed by atoms with Crippen LogP contribution in [0, 0.1) is 27.7 Å². The van der Waals surface area contributed by atoms with E-state index in [0.29, 0.717) is 27.2 Å². The molecule has 0 unspecified atom stereocenters. The molecule has 4 rings (SSSR count). The van der Waals surface area contributed by atoms with Gasteiger partial charge in [-0.2, -0.15) is 0 Å². The lowest BCUT2D eigenvalue weighted by molar-refractivity contribution is 0.103. The quantitative estimate of drug-likeness (QED) is 0.509. The highest BCUT2D eigenvalue weighted by Crippen LogP contribution is 2.28. The van der Waals surface area contributed by atoms with E-state index in [2.05, 4.69) is 10.3 Å². The van der Waals surface area contributed by atoms with Crippen molar-refractivity contribution in [2.24, 2.45) is 0 Å². The maximum atomic E-state index is 13.1. The van der Waals surface area contributed by atoms with Crippen LogP contribution in [0.4, 0.5) is 5.69 Å². The lowest BCUT2D eigenvalue weighted by Gasteiger charge is -2.09. The number of amides is 1. The molecule has 2 heterocycles. The molecule has 5 nitrogen and oxygen atoms in total. The van der Waals surface area contributed by atoms with Crippen LogP contribution in [-0.2, 0) is 6.54 Å². The van der Waals surface area contributed by atoms with Crippen LogP contribution in [0.25, 0.3) is 10.2 Å². The number of aryl methyl sites for hydroxylation is 4. The van der Waals surface area contributed by atoms with Gasteiger partial charge in [0.25, 0.3) is 11.5 Å². The molecule has 0 aliphatic rings. The Morgan fingerprint density at radius 3 is 2.57 bits per heavy atom. The van der Waals surface area contributed by atoms with Crippen molar-refractivity contribution in [2.45, 2.75) is 34.2 Å². The number of carbonyl (C=O) groups excluding carboxylic acids is 1. The number of hydrogen-bond acceptors (Lipinski definition) is 4. The van der Waals surface area contributed by atoms with Crippen LogP contribution in [0.1, 0.15) is 37.5 Å². The first-order chi connectivity index (χ1) is 14.3. The molecular formula is C24H23N3O2S. The van der Waals surface area contributed by atoms with Gasteiger partial charge in [-0.1, -0.05) is 42.0 Å². The van der Waals surface area contributed by atoms with Crippen LogP contribution in [0.15, 0.2) is 53.6 Å². The Bertz CT molecular complexity index is 1330. The molecule has 0 saturated heterocycles. The van der Waals surface area contributed by atoms with Crippen molar-refractivity contribution in [3.8, 4) is 0 Å². The Morgan fingerprint density at radius 2 is 1.83 bits per heavy atom. The molecule has 0 saturated carbocycles. The van der Waals surface area contributed by atoms with Gasteiger partial charge in [-0.15, -0.1) is 11.3 Å².